The van der Waals surface area contributed by atoms with Gasteiger partial charge >= 0.3 is 5.69 Å². The third-order valence-electron chi connectivity index (χ3n) is 2.69. The molecule has 0 aliphatic rings. The zero-order chi connectivity index (χ0) is 15.2. The Morgan fingerprint density at radius 2 is 1.90 bits per heavy atom. The molecule has 0 bridgehead atoms. The lowest BCUT2D eigenvalue weighted by Crippen LogP contribution is -2.01. The summed E-state index contributed by atoms with van der Waals surface area (Å²) in [6, 6.07) is 11.4. The topological polar surface area (TPSA) is 87.6 Å². The largest absolute Gasteiger partial charge is 0.487 e. The zero-order valence-corrected chi connectivity index (χ0v) is 11.6. The molecule has 0 aliphatic heterocycles. The lowest BCUT2D eigenvalue weighted by Gasteiger charge is -2.10. The van der Waals surface area contributed by atoms with Crippen molar-refractivity contribution in [2.24, 2.45) is 0 Å². The Labute approximate surface area is 122 Å². The van der Waals surface area contributed by atoms with E-state index >= 15 is 0 Å². The normalized spacial score (nSPS) is 10.1. The molecule has 2 aromatic carbocycles. The summed E-state index contributed by atoms with van der Waals surface area (Å²) in [6.07, 6.45) is 0.761. The maximum atomic E-state index is 11.3. The van der Waals surface area contributed by atoms with Crippen LogP contribution < -0.4 is 15.2 Å². The molecule has 6 nitrogen and oxygen atoms in total. The third-order valence-corrected chi connectivity index (χ3v) is 2.69. The van der Waals surface area contributed by atoms with E-state index in [-0.39, 0.29) is 17.2 Å². The molecule has 0 aromatic heterocycles. The average Bonchev–Trinajstić information content (AvgIpc) is 2.45. The number of nitrogens with two attached hydrogens (primary N) is 1. The van der Waals surface area contributed by atoms with Crippen LogP contribution in [0.5, 0.6) is 17.2 Å². The van der Waals surface area contributed by atoms with Gasteiger partial charge in [-0.3, -0.25) is 10.1 Å². The summed E-state index contributed by atoms with van der Waals surface area (Å²) in [5, 5.41) is 11.3. The molecule has 21 heavy (non-hydrogen) atoms. The van der Waals surface area contributed by atoms with Crippen molar-refractivity contribution in [3.8, 4) is 17.2 Å². The Hall–Kier alpha value is -2.76. The van der Waals surface area contributed by atoms with Gasteiger partial charge < -0.3 is 15.2 Å². The monoisotopic (exact) mass is 288 g/mol. The first kappa shape index (κ1) is 14.6. The molecule has 0 atom stereocenters. The van der Waals surface area contributed by atoms with Gasteiger partial charge in [0.2, 0.25) is 11.5 Å². The van der Waals surface area contributed by atoms with E-state index in [1.165, 1.54) is 6.07 Å². The SMILES string of the molecule is CCCOc1cccc(Oc2cccc(N)c2)c1[N+](=O)[O-]. The van der Waals surface area contributed by atoms with Gasteiger partial charge in [-0.05, 0) is 30.7 Å². The number of rotatable bonds is 6. The fourth-order valence-corrected chi connectivity index (χ4v) is 1.80. The van der Waals surface area contributed by atoms with Crippen molar-refractivity contribution in [1.29, 1.82) is 0 Å². The van der Waals surface area contributed by atoms with Crippen molar-refractivity contribution in [2.75, 3.05) is 12.3 Å². The molecule has 2 N–H and O–H groups in total. The number of anilines is 1. The van der Waals surface area contributed by atoms with E-state index in [0.29, 0.717) is 18.0 Å². The molecule has 0 saturated heterocycles. The number of hydrogen-bond donors (Lipinski definition) is 1. The second kappa shape index (κ2) is 6.60. The Morgan fingerprint density at radius 1 is 1.19 bits per heavy atom. The Morgan fingerprint density at radius 3 is 2.57 bits per heavy atom. The first-order valence-corrected chi connectivity index (χ1v) is 6.55. The predicted octanol–water partition coefficient (Wildman–Crippen LogP) is 3.76. The second-order valence-corrected chi connectivity index (χ2v) is 4.38. The lowest BCUT2D eigenvalue weighted by molar-refractivity contribution is -0.386. The molecule has 2 rings (SSSR count). The molecule has 0 saturated carbocycles. The van der Waals surface area contributed by atoms with Crippen molar-refractivity contribution in [1.82, 2.24) is 0 Å². The van der Waals surface area contributed by atoms with E-state index in [9.17, 15) is 10.1 Å². The quantitative estimate of drug-likeness (QED) is 0.496. The molecule has 0 unspecified atom stereocenters. The van der Waals surface area contributed by atoms with Crippen molar-refractivity contribution in [3.63, 3.8) is 0 Å². The van der Waals surface area contributed by atoms with Gasteiger partial charge in [0.25, 0.3) is 0 Å². The average molecular weight is 288 g/mol. The van der Waals surface area contributed by atoms with Crippen LogP contribution in [0.15, 0.2) is 42.5 Å². The van der Waals surface area contributed by atoms with E-state index < -0.39 is 4.92 Å². The summed E-state index contributed by atoms with van der Waals surface area (Å²) in [4.78, 5) is 10.8. The zero-order valence-electron chi connectivity index (χ0n) is 11.6. The highest BCUT2D eigenvalue weighted by Crippen LogP contribution is 2.39. The molecule has 0 amide bonds. The number of para-hydroxylation sites is 1. The lowest BCUT2D eigenvalue weighted by atomic mass is 10.2. The van der Waals surface area contributed by atoms with Gasteiger partial charge in [0.15, 0.2) is 0 Å². The van der Waals surface area contributed by atoms with Crippen molar-refractivity contribution in [3.05, 3.63) is 52.6 Å². The first-order valence-electron chi connectivity index (χ1n) is 6.55. The van der Waals surface area contributed by atoms with Crippen LogP contribution in [0.1, 0.15) is 13.3 Å². The van der Waals surface area contributed by atoms with Gasteiger partial charge in [-0.2, -0.15) is 0 Å². The summed E-state index contributed by atoms with van der Waals surface area (Å²) in [5.41, 5.74) is 6.00. The van der Waals surface area contributed by atoms with E-state index in [2.05, 4.69) is 0 Å². The van der Waals surface area contributed by atoms with Crippen molar-refractivity contribution >= 4 is 11.4 Å². The number of ether oxygens (including phenoxy) is 2. The number of benzene rings is 2. The summed E-state index contributed by atoms with van der Waals surface area (Å²) in [6.45, 7) is 2.33. The number of nitro benzene ring substituents is 1. The first-order chi connectivity index (χ1) is 10.1. The van der Waals surface area contributed by atoms with Crippen LogP contribution in [0.2, 0.25) is 0 Å². The molecule has 0 radical (unpaired) electrons. The number of nitrogen functional groups attached to an aromatic ring is 1. The molecular formula is C15H16N2O4. The van der Waals surface area contributed by atoms with Crippen LogP contribution in [0.4, 0.5) is 11.4 Å². The highest BCUT2D eigenvalue weighted by atomic mass is 16.6. The number of nitro groups is 1. The van der Waals surface area contributed by atoms with E-state index in [1.807, 2.05) is 6.92 Å². The van der Waals surface area contributed by atoms with Gasteiger partial charge in [-0.1, -0.05) is 19.1 Å². The number of hydrogen-bond acceptors (Lipinski definition) is 5. The summed E-state index contributed by atoms with van der Waals surface area (Å²) >= 11 is 0. The molecule has 0 spiro atoms. The van der Waals surface area contributed by atoms with Crippen LogP contribution in [-0.2, 0) is 0 Å². The molecule has 0 heterocycles. The van der Waals surface area contributed by atoms with Crippen molar-refractivity contribution in [2.45, 2.75) is 13.3 Å². The van der Waals surface area contributed by atoms with Crippen LogP contribution in [0, 0.1) is 10.1 Å². The van der Waals surface area contributed by atoms with Crippen LogP contribution in [0.25, 0.3) is 0 Å². The minimum absolute atomic E-state index is 0.124. The van der Waals surface area contributed by atoms with Gasteiger partial charge in [-0.15, -0.1) is 0 Å². The van der Waals surface area contributed by atoms with E-state index in [4.69, 9.17) is 15.2 Å². The van der Waals surface area contributed by atoms with Gasteiger partial charge in [0, 0.05) is 11.8 Å². The van der Waals surface area contributed by atoms with E-state index in [0.717, 1.165) is 6.42 Å². The summed E-state index contributed by atoms with van der Waals surface area (Å²) < 4.78 is 11.0. The smallest absolute Gasteiger partial charge is 0.352 e. The van der Waals surface area contributed by atoms with Gasteiger partial charge in [-0.25, -0.2) is 0 Å². The Balaban J connectivity index is 2.36. The second-order valence-electron chi connectivity index (χ2n) is 4.38. The fourth-order valence-electron chi connectivity index (χ4n) is 1.80. The van der Waals surface area contributed by atoms with Crippen molar-refractivity contribution < 1.29 is 14.4 Å². The predicted molar refractivity (Wildman–Crippen MR) is 79.8 cm³/mol. The number of nitrogens with zero attached hydrogens (tertiary/aromatic N) is 1. The molecule has 110 valence electrons. The Bertz CT molecular complexity index is 643. The fraction of sp³-hybridized carbons (Fsp3) is 0.200. The van der Waals surface area contributed by atoms with Gasteiger partial charge in [0.05, 0.1) is 11.5 Å². The van der Waals surface area contributed by atoms with Crippen LogP contribution in [-0.4, -0.2) is 11.5 Å². The highest BCUT2D eigenvalue weighted by Gasteiger charge is 2.22. The minimum Gasteiger partial charge on any atom is -0.487 e. The summed E-state index contributed by atoms with van der Waals surface area (Å²) in [5.74, 6) is 0.758. The summed E-state index contributed by atoms with van der Waals surface area (Å²) in [7, 11) is 0. The van der Waals surface area contributed by atoms with Crippen LogP contribution in [0.3, 0.4) is 0 Å². The molecule has 0 fully saturated rings. The molecule has 0 aliphatic carbocycles. The molecule has 6 heteroatoms. The molecule has 2 aromatic rings. The maximum absolute atomic E-state index is 11.3. The van der Waals surface area contributed by atoms with Gasteiger partial charge in [0.1, 0.15) is 5.75 Å². The standard InChI is InChI=1S/C15H16N2O4/c1-2-9-20-13-7-4-8-14(15(13)17(18)19)21-12-6-3-5-11(16)10-12/h3-8,10H,2,9,16H2,1H3. The maximum Gasteiger partial charge on any atom is 0.352 e. The van der Waals surface area contributed by atoms with Crippen LogP contribution >= 0.6 is 0 Å². The van der Waals surface area contributed by atoms with E-state index in [1.54, 1.807) is 36.4 Å². The minimum atomic E-state index is -0.507. The molecular weight excluding hydrogens is 272 g/mol. The third kappa shape index (κ3) is 3.62. The highest BCUT2D eigenvalue weighted by molar-refractivity contribution is 5.58. The Kier molecular flexibility index (Phi) is 4.61.